The largest absolute Gasteiger partial charge is 0.388 e. The van der Waals surface area contributed by atoms with Crippen LogP contribution in [0.5, 0.6) is 0 Å². The van der Waals surface area contributed by atoms with Crippen molar-refractivity contribution in [2.45, 2.75) is 38.2 Å². The van der Waals surface area contributed by atoms with Crippen LogP contribution in [0, 0.1) is 6.92 Å². The molecule has 124 valence electrons. The number of aromatic nitrogens is 1. The van der Waals surface area contributed by atoms with Crippen LogP contribution in [0.3, 0.4) is 0 Å². The van der Waals surface area contributed by atoms with Gasteiger partial charge in [-0.25, -0.2) is 0 Å². The molecule has 1 aromatic heterocycles. The van der Waals surface area contributed by atoms with Crippen LogP contribution in [0.15, 0.2) is 29.3 Å². The van der Waals surface area contributed by atoms with Crippen LogP contribution in [0.25, 0.3) is 10.9 Å². The van der Waals surface area contributed by atoms with Crippen LogP contribution in [0.4, 0.5) is 0 Å². The highest BCUT2D eigenvalue weighted by atomic mass is 16.3. The smallest absolute Gasteiger partial charge is 0.191 e. The number of nitrogens with one attached hydrogen (secondary N) is 3. The van der Waals surface area contributed by atoms with E-state index in [-0.39, 0.29) is 0 Å². The molecule has 0 aliphatic heterocycles. The normalized spacial score (nSPS) is 17.1. The Balaban J connectivity index is 1.54. The lowest BCUT2D eigenvalue weighted by molar-refractivity contribution is -0.0279. The summed E-state index contributed by atoms with van der Waals surface area (Å²) in [6.45, 7) is 3.49. The molecule has 2 aromatic rings. The summed E-state index contributed by atoms with van der Waals surface area (Å²) in [6, 6.07) is 8.40. The van der Waals surface area contributed by atoms with Crippen LogP contribution in [0.2, 0.25) is 0 Å². The van der Waals surface area contributed by atoms with Crippen molar-refractivity contribution >= 4 is 16.9 Å². The van der Waals surface area contributed by atoms with Gasteiger partial charge in [-0.2, -0.15) is 0 Å². The van der Waals surface area contributed by atoms with Gasteiger partial charge in [0.25, 0.3) is 0 Å². The fourth-order valence-corrected chi connectivity index (χ4v) is 3.19. The molecule has 0 bridgehead atoms. The maximum absolute atomic E-state index is 10.1. The van der Waals surface area contributed by atoms with E-state index in [1.54, 1.807) is 7.05 Å². The van der Waals surface area contributed by atoms with Crippen molar-refractivity contribution in [3.05, 3.63) is 35.5 Å². The number of guanidine groups is 1. The molecular weight excluding hydrogens is 288 g/mol. The summed E-state index contributed by atoms with van der Waals surface area (Å²) in [5.41, 5.74) is 3.22. The lowest BCUT2D eigenvalue weighted by atomic mass is 9.80. The molecule has 1 heterocycles. The van der Waals surface area contributed by atoms with E-state index in [1.165, 1.54) is 22.2 Å². The van der Waals surface area contributed by atoms with Crippen LogP contribution < -0.4 is 10.6 Å². The number of aliphatic imine (C=N–C) groups is 1. The Labute approximate surface area is 137 Å². The maximum atomic E-state index is 10.1. The van der Waals surface area contributed by atoms with E-state index in [2.05, 4.69) is 51.8 Å². The van der Waals surface area contributed by atoms with Crippen LogP contribution in [-0.2, 0) is 6.42 Å². The summed E-state index contributed by atoms with van der Waals surface area (Å²) >= 11 is 0. The SMILES string of the molecule is CN=C(NCCc1c(C)[nH]c2ccccc12)NCC1(O)CCC1. The number of aliphatic hydroxyl groups is 1. The molecule has 0 amide bonds. The zero-order valence-electron chi connectivity index (χ0n) is 13.9. The Kier molecular flexibility index (Phi) is 4.57. The first kappa shape index (κ1) is 15.9. The van der Waals surface area contributed by atoms with Gasteiger partial charge in [-0.15, -0.1) is 0 Å². The molecule has 5 nitrogen and oxygen atoms in total. The van der Waals surface area contributed by atoms with Crippen molar-refractivity contribution in [2.24, 2.45) is 4.99 Å². The van der Waals surface area contributed by atoms with Crippen molar-refractivity contribution in [1.82, 2.24) is 15.6 Å². The molecule has 0 unspecified atom stereocenters. The second-order valence-electron chi connectivity index (χ2n) is 6.45. The minimum atomic E-state index is -0.537. The molecule has 1 aromatic carbocycles. The van der Waals surface area contributed by atoms with Crippen LogP contribution in [-0.4, -0.2) is 41.8 Å². The number of hydrogen-bond donors (Lipinski definition) is 4. The van der Waals surface area contributed by atoms with E-state index in [0.717, 1.165) is 38.2 Å². The highest BCUT2D eigenvalue weighted by molar-refractivity contribution is 5.84. The number of aryl methyl sites for hydroxylation is 1. The predicted molar refractivity (Wildman–Crippen MR) is 94.9 cm³/mol. The molecule has 0 spiro atoms. The molecule has 1 aliphatic carbocycles. The second-order valence-corrected chi connectivity index (χ2v) is 6.45. The summed E-state index contributed by atoms with van der Waals surface area (Å²) in [4.78, 5) is 7.66. The lowest BCUT2D eigenvalue weighted by Gasteiger charge is -2.36. The topological polar surface area (TPSA) is 72.4 Å². The van der Waals surface area contributed by atoms with E-state index in [4.69, 9.17) is 0 Å². The zero-order chi connectivity index (χ0) is 16.3. The first-order chi connectivity index (χ1) is 11.1. The third-order valence-electron chi connectivity index (χ3n) is 4.79. The fraction of sp³-hybridized carbons (Fsp3) is 0.500. The van der Waals surface area contributed by atoms with Crippen molar-refractivity contribution in [3.63, 3.8) is 0 Å². The quantitative estimate of drug-likeness (QED) is 0.504. The predicted octanol–water partition coefficient (Wildman–Crippen LogP) is 2.10. The van der Waals surface area contributed by atoms with Gasteiger partial charge in [0, 0.05) is 36.7 Å². The van der Waals surface area contributed by atoms with Gasteiger partial charge < -0.3 is 20.7 Å². The molecule has 0 saturated heterocycles. The number of nitrogens with zero attached hydrogens (tertiary/aromatic N) is 1. The Morgan fingerprint density at radius 3 is 2.78 bits per heavy atom. The fourth-order valence-electron chi connectivity index (χ4n) is 3.19. The van der Waals surface area contributed by atoms with Gasteiger partial charge in [0.15, 0.2) is 5.96 Å². The summed E-state index contributed by atoms with van der Waals surface area (Å²) in [7, 11) is 1.76. The zero-order valence-corrected chi connectivity index (χ0v) is 13.9. The standard InChI is InChI=1S/C18H26N4O/c1-13-14(15-6-3-4-7-16(15)22-13)8-11-20-17(19-2)21-12-18(23)9-5-10-18/h3-4,6-7,22-23H,5,8-12H2,1-2H3,(H2,19,20,21). The number of hydrogen-bond acceptors (Lipinski definition) is 2. The Morgan fingerprint density at radius 2 is 2.09 bits per heavy atom. The van der Waals surface area contributed by atoms with Crippen molar-refractivity contribution in [3.8, 4) is 0 Å². The Morgan fingerprint density at radius 1 is 1.30 bits per heavy atom. The first-order valence-electron chi connectivity index (χ1n) is 8.34. The number of H-pyrrole nitrogens is 1. The highest BCUT2D eigenvalue weighted by Gasteiger charge is 2.34. The Hall–Kier alpha value is -2.01. The molecule has 0 radical (unpaired) electrons. The number of fused-ring (bicyclic) bond motifs is 1. The molecule has 23 heavy (non-hydrogen) atoms. The number of rotatable bonds is 5. The van der Waals surface area contributed by atoms with Gasteiger partial charge in [-0.05, 0) is 44.2 Å². The van der Waals surface area contributed by atoms with Crippen molar-refractivity contribution in [2.75, 3.05) is 20.1 Å². The monoisotopic (exact) mass is 314 g/mol. The van der Waals surface area contributed by atoms with Crippen LogP contribution >= 0.6 is 0 Å². The summed E-state index contributed by atoms with van der Waals surface area (Å²) in [5.74, 6) is 0.753. The first-order valence-corrected chi connectivity index (χ1v) is 8.34. The number of benzene rings is 1. The summed E-state index contributed by atoms with van der Waals surface area (Å²) in [5, 5.41) is 18.0. The van der Waals surface area contributed by atoms with Gasteiger partial charge >= 0.3 is 0 Å². The van der Waals surface area contributed by atoms with E-state index < -0.39 is 5.60 Å². The molecular formula is C18H26N4O. The molecule has 4 N–H and O–H groups in total. The summed E-state index contributed by atoms with van der Waals surface area (Å²) < 4.78 is 0. The Bertz CT molecular complexity index is 700. The van der Waals surface area contributed by atoms with Gasteiger partial charge in [0.05, 0.1) is 5.60 Å². The molecule has 1 saturated carbocycles. The highest BCUT2D eigenvalue weighted by Crippen LogP contribution is 2.30. The molecule has 1 aliphatic rings. The third kappa shape index (κ3) is 3.50. The summed E-state index contributed by atoms with van der Waals surface area (Å²) in [6.07, 6.45) is 3.81. The molecule has 5 heteroatoms. The van der Waals surface area contributed by atoms with Crippen molar-refractivity contribution < 1.29 is 5.11 Å². The minimum Gasteiger partial charge on any atom is -0.388 e. The van der Waals surface area contributed by atoms with Crippen molar-refractivity contribution in [1.29, 1.82) is 0 Å². The average molecular weight is 314 g/mol. The van der Waals surface area contributed by atoms with E-state index >= 15 is 0 Å². The van der Waals surface area contributed by atoms with E-state index in [0.29, 0.717) is 6.54 Å². The van der Waals surface area contributed by atoms with E-state index in [1.807, 2.05) is 0 Å². The second kappa shape index (κ2) is 6.62. The molecule has 1 fully saturated rings. The minimum absolute atomic E-state index is 0.537. The number of para-hydroxylation sites is 1. The van der Waals surface area contributed by atoms with E-state index in [9.17, 15) is 5.11 Å². The van der Waals surface area contributed by atoms with Gasteiger partial charge in [-0.3, -0.25) is 4.99 Å². The average Bonchev–Trinajstić information content (AvgIpc) is 2.84. The van der Waals surface area contributed by atoms with Crippen LogP contribution in [0.1, 0.15) is 30.5 Å². The molecule has 0 atom stereocenters. The third-order valence-corrected chi connectivity index (χ3v) is 4.79. The number of aromatic amines is 1. The molecule has 3 rings (SSSR count). The lowest BCUT2D eigenvalue weighted by Crippen LogP contribution is -2.50. The maximum Gasteiger partial charge on any atom is 0.191 e. The van der Waals surface area contributed by atoms with Gasteiger partial charge in [0.1, 0.15) is 0 Å². The van der Waals surface area contributed by atoms with Gasteiger partial charge in [0.2, 0.25) is 0 Å². The van der Waals surface area contributed by atoms with Gasteiger partial charge in [-0.1, -0.05) is 18.2 Å².